The molecule has 1 unspecified atom stereocenters. The van der Waals surface area contributed by atoms with Crippen molar-refractivity contribution < 1.29 is 9.18 Å². The van der Waals surface area contributed by atoms with E-state index in [4.69, 9.17) is 11.6 Å². The second-order valence-corrected chi connectivity index (χ2v) is 6.24. The number of piperidine rings is 1. The Morgan fingerprint density at radius 3 is 2.95 bits per heavy atom. The third-order valence-corrected chi connectivity index (χ3v) is 4.33. The fourth-order valence-electron chi connectivity index (χ4n) is 2.34. The number of benzene rings is 1. The molecule has 110 valence electrons. The SMILES string of the molecule is O=C(CCC1CCCCN1)Nc1c(Cl)cc(F)cc1Br. The topological polar surface area (TPSA) is 41.1 Å². The Kier molecular flexibility index (Phi) is 5.81. The zero-order valence-corrected chi connectivity index (χ0v) is 13.4. The number of halogens is 3. The highest BCUT2D eigenvalue weighted by molar-refractivity contribution is 9.10. The van der Waals surface area contributed by atoms with E-state index in [1.165, 1.54) is 25.0 Å². The average molecular weight is 364 g/mol. The van der Waals surface area contributed by atoms with Gasteiger partial charge in [-0.1, -0.05) is 18.0 Å². The summed E-state index contributed by atoms with van der Waals surface area (Å²) in [5.41, 5.74) is 0.426. The van der Waals surface area contributed by atoms with Crippen LogP contribution in [0.25, 0.3) is 0 Å². The molecule has 0 radical (unpaired) electrons. The van der Waals surface area contributed by atoms with Gasteiger partial charge < -0.3 is 10.6 Å². The molecule has 0 spiro atoms. The summed E-state index contributed by atoms with van der Waals surface area (Å²) in [7, 11) is 0. The zero-order valence-electron chi connectivity index (χ0n) is 11.0. The molecule has 3 nitrogen and oxygen atoms in total. The van der Waals surface area contributed by atoms with Gasteiger partial charge in [-0.05, 0) is 53.9 Å². The molecule has 0 saturated carbocycles. The first-order chi connectivity index (χ1) is 9.56. The van der Waals surface area contributed by atoms with Gasteiger partial charge in [0.2, 0.25) is 5.91 Å². The Labute approximate surface area is 131 Å². The summed E-state index contributed by atoms with van der Waals surface area (Å²) in [6.07, 6.45) is 4.78. The van der Waals surface area contributed by atoms with Gasteiger partial charge in [-0.25, -0.2) is 4.39 Å². The van der Waals surface area contributed by atoms with Crippen molar-refractivity contribution in [3.63, 3.8) is 0 Å². The fourth-order valence-corrected chi connectivity index (χ4v) is 3.24. The van der Waals surface area contributed by atoms with Crippen LogP contribution in [0, 0.1) is 5.82 Å². The Balaban J connectivity index is 1.88. The number of rotatable bonds is 4. The lowest BCUT2D eigenvalue weighted by molar-refractivity contribution is -0.116. The first kappa shape index (κ1) is 15.7. The lowest BCUT2D eigenvalue weighted by Crippen LogP contribution is -2.34. The standard InChI is InChI=1S/C14H17BrClFN2O/c15-11-7-9(17)8-12(16)14(11)19-13(20)5-4-10-3-1-2-6-18-10/h7-8,10,18H,1-6H2,(H,19,20). The minimum atomic E-state index is -0.439. The molecule has 0 bridgehead atoms. The Morgan fingerprint density at radius 1 is 1.50 bits per heavy atom. The Hall–Kier alpha value is -0.650. The molecule has 1 aliphatic heterocycles. The summed E-state index contributed by atoms with van der Waals surface area (Å²) >= 11 is 9.13. The number of carbonyl (C=O) groups excluding carboxylic acids is 1. The molecule has 1 aromatic rings. The fraction of sp³-hybridized carbons (Fsp3) is 0.500. The Bertz CT molecular complexity index is 469. The molecule has 1 atom stereocenters. The van der Waals surface area contributed by atoms with E-state index in [9.17, 15) is 9.18 Å². The smallest absolute Gasteiger partial charge is 0.224 e. The van der Waals surface area contributed by atoms with E-state index in [1.54, 1.807) is 0 Å². The summed E-state index contributed by atoms with van der Waals surface area (Å²) in [6.45, 7) is 1.03. The molecule has 1 fully saturated rings. The van der Waals surface area contributed by atoms with Crippen LogP contribution in [-0.4, -0.2) is 18.5 Å². The molecule has 1 aliphatic rings. The van der Waals surface area contributed by atoms with Gasteiger partial charge in [0.25, 0.3) is 0 Å². The first-order valence-corrected chi connectivity index (χ1v) is 7.91. The van der Waals surface area contributed by atoms with Crippen molar-refractivity contribution in [3.05, 3.63) is 27.4 Å². The van der Waals surface area contributed by atoms with Gasteiger partial charge in [0.05, 0.1) is 10.7 Å². The lowest BCUT2D eigenvalue weighted by atomic mass is 10.0. The van der Waals surface area contributed by atoms with Crippen LogP contribution in [0.15, 0.2) is 16.6 Å². The molecule has 0 aromatic heterocycles. The van der Waals surface area contributed by atoms with Crippen LogP contribution >= 0.6 is 27.5 Å². The van der Waals surface area contributed by atoms with Crippen molar-refractivity contribution in [2.75, 3.05) is 11.9 Å². The molecule has 1 aromatic carbocycles. The number of hydrogen-bond acceptors (Lipinski definition) is 2. The second kappa shape index (κ2) is 7.38. The summed E-state index contributed by atoms with van der Waals surface area (Å²) in [4.78, 5) is 11.9. The van der Waals surface area contributed by atoms with Gasteiger partial charge in [0, 0.05) is 16.9 Å². The summed E-state index contributed by atoms with van der Waals surface area (Å²) in [5.74, 6) is -0.544. The van der Waals surface area contributed by atoms with Crippen LogP contribution in [0.1, 0.15) is 32.1 Å². The number of nitrogens with one attached hydrogen (secondary N) is 2. The molecule has 1 saturated heterocycles. The van der Waals surface area contributed by atoms with Gasteiger partial charge in [-0.15, -0.1) is 0 Å². The number of carbonyl (C=O) groups is 1. The van der Waals surface area contributed by atoms with Gasteiger partial charge in [0.15, 0.2) is 0 Å². The molecule has 1 heterocycles. The minimum absolute atomic E-state index is 0.105. The maximum atomic E-state index is 13.1. The highest BCUT2D eigenvalue weighted by Gasteiger charge is 2.16. The maximum Gasteiger partial charge on any atom is 0.224 e. The lowest BCUT2D eigenvalue weighted by Gasteiger charge is -2.23. The van der Waals surface area contributed by atoms with E-state index in [0.29, 0.717) is 22.6 Å². The number of hydrogen-bond donors (Lipinski definition) is 2. The van der Waals surface area contributed by atoms with Crippen molar-refractivity contribution in [3.8, 4) is 0 Å². The molecule has 6 heteroatoms. The highest BCUT2D eigenvalue weighted by atomic mass is 79.9. The summed E-state index contributed by atoms with van der Waals surface area (Å²) in [5, 5.41) is 6.33. The van der Waals surface area contributed by atoms with Gasteiger partial charge in [-0.3, -0.25) is 4.79 Å². The molecular weight excluding hydrogens is 347 g/mol. The molecule has 2 rings (SSSR count). The van der Waals surface area contributed by atoms with E-state index in [0.717, 1.165) is 19.4 Å². The average Bonchev–Trinajstić information content (AvgIpc) is 2.42. The van der Waals surface area contributed by atoms with Crippen LogP contribution in [0.4, 0.5) is 10.1 Å². The second-order valence-electron chi connectivity index (χ2n) is 4.98. The predicted molar refractivity (Wildman–Crippen MR) is 82.6 cm³/mol. The number of amides is 1. The molecular formula is C14H17BrClFN2O. The number of anilines is 1. The summed E-state index contributed by atoms with van der Waals surface area (Å²) in [6, 6.07) is 2.89. The monoisotopic (exact) mass is 362 g/mol. The minimum Gasteiger partial charge on any atom is -0.324 e. The maximum absolute atomic E-state index is 13.1. The first-order valence-electron chi connectivity index (χ1n) is 6.74. The van der Waals surface area contributed by atoms with E-state index in [2.05, 4.69) is 26.6 Å². The zero-order chi connectivity index (χ0) is 14.5. The molecule has 1 amide bonds. The van der Waals surface area contributed by atoms with Crippen LogP contribution < -0.4 is 10.6 Å². The quantitative estimate of drug-likeness (QED) is 0.845. The van der Waals surface area contributed by atoms with Gasteiger partial charge >= 0.3 is 0 Å². The summed E-state index contributed by atoms with van der Waals surface area (Å²) < 4.78 is 13.6. The highest BCUT2D eigenvalue weighted by Crippen LogP contribution is 2.31. The predicted octanol–water partition coefficient (Wildman–Crippen LogP) is 4.10. The van der Waals surface area contributed by atoms with Crippen LogP contribution in [0.2, 0.25) is 5.02 Å². The van der Waals surface area contributed by atoms with Crippen LogP contribution in [0.3, 0.4) is 0 Å². The van der Waals surface area contributed by atoms with E-state index < -0.39 is 5.82 Å². The molecule has 2 N–H and O–H groups in total. The molecule has 20 heavy (non-hydrogen) atoms. The van der Waals surface area contributed by atoms with Crippen molar-refractivity contribution >= 4 is 39.1 Å². The largest absolute Gasteiger partial charge is 0.324 e. The van der Waals surface area contributed by atoms with Gasteiger partial charge in [-0.2, -0.15) is 0 Å². The van der Waals surface area contributed by atoms with Gasteiger partial charge in [0.1, 0.15) is 5.82 Å². The van der Waals surface area contributed by atoms with Crippen LogP contribution in [0.5, 0.6) is 0 Å². The third kappa shape index (κ3) is 4.43. The van der Waals surface area contributed by atoms with Crippen molar-refractivity contribution in [1.82, 2.24) is 5.32 Å². The Morgan fingerprint density at radius 2 is 2.30 bits per heavy atom. The van der Waals surface area contributed by atoms with Crippen LogP contribution in [-0.2, 0) is 4.79 Å². The van der Waals surface area contributed by atoms with Crippen molar-refractivity contribution in [2.24, 2.45) is 0 Å². The van der Waals surface area contributed by atoms with Crippen molar-refractivity contribution in [1.29, 1.82) is 0 Å². The molecule has 0 aliphatic carbocycles. The van der Waals surface area contributed by atoms with E-state index in [-0.39, 0.29) is 10.9 Å². The third-order valence-electron chi connectivity index (χ3n) is 3.40. The van der Waals surface area contributed by atoms with E-state index in [1.807, 2.05) is 0 Å². The van der Waals surface area contributed by atoms with Crippen molar-refractivity contribution in [2.45, 2.75) is 38.1 Å². The normalized spacial score (nSPS) is 18.9. The van der Waals surface area contributed by atoms with E-state index >= 15 is 0 Å².